The van der Waals surface area contributed by atoms with E-state index in [1.807, 2.05) is 31.2 Å². The third-order valence-electron chi connectivity index (χ3n) is 5.51. The molecule has 0 saturated carbocycles. The lowest BCUT2D eigenvalue weighted by Crippen LogP contribution is -2.53. The summed E-state index contributed by atoms with van der Waals surface area (Å²) >= 11 is 6.07. The van der Waals surface area contributed by atoms with Gasteiger partial charge in [0.05, 0.1) is 29.9 Å². The minimum absolute atomic E-state index is 0.255. The van der Waals surface area contributed by atoms with Crippen molar-refractivity contribution in [2.24, 2.45) is 0 Å². The van der Waals surface area contributed by atoms with E-state index in [1.165, 1.54) is 4.57 Å². The van der Waals surface area contributed by atoms with Crippen molar-refractivity contribution in [2.75, 3.05) is 38.2 Å². The zero-order chi connectivity index (χ0) is 20.5. The predicted molar refractivity (Wildman–Crippen MR) is 114 cm³/mol. The molecule has 3 aromatic rings. The minimum atomic E-state index is -0.438. The number of carbonyl (C=O) groups is 1. The molecule has 0 spiro atoms. The van der Waals surface area contributed by atoms with Crippen molar-refractivity contribution in [3.63, 3.8) is 0 Å². The van der Waals surface area contributed by atoms with Crippen LogP contribution in [0.2, 0.25) is 5.02 Å². The van der Waals surface area contributed by atoms with E-state index in [0.717, 1.165) is 24.5 Å². The SMILES string of the molecule is COc1ccccc1N1CCN(C(C)C(=O)n2c(=O)[nH]c3ccc(Cl)cc32)CC1. The Morgan fingerprint density at radius 2 is 1.86 bits per heavy atom. The van der Waals surface area contributed by atoms with Crippen molar-refractivity contribution in [2.45, 2.75) is 13.0 Å². The van der Waals surface area contributed by atoms with Gasteiger partial charge in [-0.2, -0.15) is 0 Å². The average molecular weight is 415 g/mol. The van der Waals surface area contributed by atoms with Crippen LogP contribution in [-0.4, -0.2) is 59.7 Å². The summed E-state index contributed by atoms with van der Waals surface area (Å²) in [5.74, 6) is 0.585. The molecule has 1 unspecified atom stereocenters. The molecular weight excluding hydrogens is 392 g/mol. The number of hydrogen-bond acceptors (Lipinski definition) is 5. The highest BCUT2D eigenvalue weighted by Crippen LogP contribution is 2.28. The molecule has 8 heteroatoms. The number of benzene rings is 2. The largest absolute Gasteiger partial charge is 0.495 e. The van der Waals surface area contributed by atoms with E-state index < -0.39 is 11.7 Å². The van der Waals surface area contributed by atoms with Crippen LogP contribution in [0.15, 0.2) is 47.3 Å². The molecule has 7 nitrogen and oxygen atoms in total. The Bertz CT molecular complexity index is 1100. The van der Waals surface area contributed by atoms with Crippen LogP contribution in [0.5, 0.6) is 5.75 Å². The fraction of sp³-hybridized carbons (Fsp3) is 0.333. The summed E-state index contributed by atoms with van der Waals surface area (Å²) in [6.45, 7) is 4.81. The van der Waals surface area contributed by atoms with Crippen molar-refractivity contribution in [1.29, 1.82) is 0 Å². The number of carbonyl (C=O) groups excluding carboxylic acids is 1. The number of methoxy groups -OCH3 is 1. The first-order chi connectivity index (χ1) is 14.0. The van der Waals surface area contributed by atoms with Gasteiger partial charge in [0.15, 0.2) is 0 Å². The quantitative estimate of drug-likeness (QED) is 0.710. The Balaban J connectivity index is 1.51. The van der Waals surface area contributed by atoms with Crippen LogP contribution in [0.1, 0.15) is 11.7 Å². The number of rotatable bonds is 4. The van der Waals surface area contributed by atoms with Gasteiger partial charge in [0.25, 0.3) is 5.91 Å². The molecule has 2 aromatic carbocycles. The molecule has 1 fully saturated rings. The van der Waals surface area contributed by atoms with Crippen molar-refractivity contribution >= 4 is 34.2 Å². The minimum Gasteiger partial charge on any atom is -0.495 e. The number of nitrogens with one attached hydrogen (secondary N) is 1. The first-order valence-corrected chi connectivity index (χ1v) is 9.94. The number of para-hydroxylation sites is 2. The third kappa shape index (κ3) is 3.63. The third-order valence-corrected chi connectivity index (χ3v) is 5.75. The van der Waals surface area contributed by atoms with E-state index >= 15 is 0 Å². The zero-order valence-electron chi connectivity index (χ0n) is 16.4. The van der Waals surface area contributed by atoms with Crippen molar-refractivity contribution in [1.82, 2.24) is 14.5 Å². The molecule has 1 atom stereocenters. The number of aromatic nitrogens is 2. The second-order valence-electron chi connectivity index (χ2n) is 7.14. The summed E-state index contributed by atoms with van der Waals surface area (Å²) in [5, 5.41) is 0.483. The summed E-state index contributed by atoms with van der Waals surface area (Å²) in [5.41, 5.74) is 1.72. The first kappa shape index (κ1) is 19.5. The maximum Gasteiger partial charge on any atom is 0.333 e. The van der Waals surface area contributed by atoms with E-state index in [-0.39, 0.29) is 5.91 Å². The van der Waals surface area contributed by atoms with Crippen molar-refractivity contribution < 1.29 is 9.53 Å². The smallest absolute Gasteiger partial charge is 0.333 e. The topological polar surface area (TPSA) is 70.6 Å². The number of imidazole rings is 1. The molecule has 0 bridgehead atoms. The van der Waals surface area contributed by atoms with Gasteiger partial charge in [-0.3, -0.25) is 9.69 Å². The number of aromatic amines is 1. The van der Waals surface area contributed by atoms with Crippen LogP contribution in [0.4, 0.5) is 5.69 Å². The van der Waals surface area contributed by atoms with E-state index in [2.05, 4.69) is 14.8 Å². The van der Waals surface area contributed by atoms with Crippen LogP contribution >= 0.6 is 11.6 Å². The summed E-state index contributed by atoms with van der Waals surface area (Å²) in [7, 11) is 1.67. The fourth-order valence-electron chi connectivity index (χ4n) is 3.88. The van der Waals surface area contributed by atoms with Crippen LogP contribution in [0, 0.1) is 0 Å². The Morgan fingerprint density at radius 1 is 1.14 bits per heavy atom. The van der Waals surface area contributed by atoms with E-state index in [1.54, 1.807) is 25.3 Å². The molecule has 2 heterocycles. The van der Waals surface area contributed by atoms with Crippen molar-refractivity contribution in [3.8, 4) is 5.75 Å². The summed E-state index contributed by atoms with van der Waals surface area (Å²) < 4.78 is 6.65. The van der Waals surface area contributed by atoms with Crippen LogP contribution in [0.25, 0.3) is 11.0 Å². The van der Waals surface area contributed by atoms with Gasteiger partial charge in [0.1, 0.15) is 5.75 Å². The number of hydrogen-bond donors (Lipinski definition) is 1. The average Bonchev–Trinajstić information content (AvgIpc) is 3.07. The fourth-order valence-corrected chi connectivity index (χ4v) is 4.05. The number of H-pyrrole nitrogens is 1. The van der Waals surface area contributed by atoms with Crippen molar-refractivity contribution in [3.05, 3.63) is 58.0 Å². The first-order valence-electron chi connectivity index (χ1n) is 9.56. The predicted octanol–water partition coefficient (Wildman–Crippen LogP) is 2.84. The molecule has 1 aliphatic heterocycles. The molecule has 4 rings (SSSR count). The standard InChI is InChI=1S/C21H23ClN4O3/c1-14(20(27)26-18-13-15(22)7-8-16(18)23-21(26)28)24-9-11-25(12-10-24)17-5-3-4-6-19(17)29-2/h3-8,13-14H,9-12H2,1-2H3,(H,23,28). The summed E-state index contributed by atoms with van der Waals surface area (Å²) in [6.07, 6.45) is 0. The summed E-state index contributed by atoms with van der Waals surface area (Å²) in [4.78, 5) is 32.6. The van der Waals surface area contributed by atoms with E-state index in [4.69, 9.17) is 16.3 Å². The molecule has 1 aromatic heterocycles. The lowest BCUT2D eigenvalue weighted by atomic mass is 10.2. The zero-order valence-corrected chi connectivity index (χ0v) is 17.1. The number of fused-ring (bicyclic) bond motifs is 1. The Hall–Kier alpha value is -2.77. The lowest BCUT2D eigenvalue weighted by Gasteiger charge is -2.38. The van der Waals surface area contributed by atoms with Gasteiger partial charge in [-0.05, 0) is 37.3 Å². The number of anilines is 1. The number of piperazine rings is 1. The maximum atomic E-state index is 13.1. The molecule has 1 aliphatic rings. The monoisotopic (exact) mass is 414 g/mol. The Kier molecular flexibility index (Phi) is 5.34. The van der Waals surface area contributed by atoms with Gasteiger partial charge in [-0.25, -0.2) is 9.36 Å². The molecule has 0 aliphatic carbocycles. The molecule has 152 valence electrons. The van der Waals surface area contributed by atoms with Gasteiger partial charge < -0.3 is 14.6 Å². The van der Waals surface area contributed by atoms with Gasteiger partial charge in [-0.1, -0.05) is 23.7 Å². The van der Waals surface area contributed by atoms with Crippen LogP contribution < -0.4 is 15.3 Å². The lowest BCUT2D eigenvalue weighted by molar-refractivity contribution is 0.0743. The highest BCUT2D eigenvalue weighted by molar-refractivity contribution is 6.31. The number of halogens is 1. The summed E-state index contributed by atoms with van der Waals surface area (Å²) in [6, 6.07) is 12.5. The molecule has 0 radical (unpaired) electrons. The molecule has 1 saturated heterocycles. The maximum absolute atomic E-state index is 13.1. The highest BCUT2D eigenvalue weighted by atomic mass is 35.5. The normalized spacial score (nSPS) is 16.2. The van der Waals surface area contributed by atoms with Crippen LogP contribution in [0.3, 0.4) is 0 Å². The molecule has 29 heavy (non-hydrogen) atoms. The van der Waals surface area contributed by atoms with Gasteiger partial charge >= 0.3 is 5.69 Å². The Labute approximate surface area is 173 Å². The number of nitrogens with zero attached hydrogens (tertiary/aromatic N) is 3. The van der Waals surface area contributed by atoms with Gasteiger partial charge in [-0.15, -0.1) is 0 Å². The Morgan fingerprint density at radius 3 is 2.59 bits per heavy atom. The molecular formula is C21H23ClN4O3. The van der Waals surface area contributed by atoms with E-state index in [9.17, 15) is 9.59 Å². The van der Waals surface area contributed by atoms with E-state index in [0.29, 0.717) is 29.1 Å². The second-order valence-corrected chi connectivity index (χ2v) is 7.57. The highest BCUT2D eigenvalue weighted by Gasteiger charge is 2.29. The van der Waals surface area contributed by atoms with Crippen LogP contribution in [-0.2, 0) is 0 Å². The van der Waals surface area contributed by atoms with Gasteiger partial charge in [0, 0.05) is 31.2 Å². The molecule has 1 N–H and O–H groups in total. The molecule has 0 amide bonds. The second kappa shape index (κ2) is 7.93. The van der Waals surface area contributed by atoms with Gasteiger partial charge in [0.2, 0.25) is 0 Å². The number of ether oxygens (including phenoxy) is 1.